The Balaban J connectivity index is 2.63. The monoisotopic (exact) mass is 343 g/mol. The minimum atomic E-state index is -3.86. The fourth-order valence-electron chi connectivity index (χ4n) is 1.29. The first-order chi connectivity index (χ1) is 9.36. The topological polar surface area (TPSA) is 87.8 Å². The second-order valence-electron chi connectivity index (χ2n) is 3.71. The first-order valence-electron chi connectivity index (χ1n) is 5.57. The summed E-state index contributed by atoms with van der Waals surface area (Å²) in [5.74, 6) is 0.191. The summed E-state index contributed by atoms with van der Waals surface area (Å²) in [5, 5.41) is 5.13. The Morgan fingerprint density at radius 2 is 1.65 bits per heavy atom. The van der Waals surface area contributed by atoms with Crippen molar-refractivity contribution >= 4 is 33.2 Å². The fourth-order valence-corrected chi connectivity index (χ4v) is 2.58. The van der Waals surface area contributed by atoms with E-state index >= 15 is 0 Å². The molecule has 0 fully saturated rings. The van der Waals surface area contributed by atoms with Crippen molar-refractivity contribution in [1.82, 2.24) is 0 Å². The van der Waals surface area contributed by atoms with Crippen LogP contribution in [-0.2, 0) is 19.5 Å². The van der Waals surface area contributed by atoms with Crippen LogP contribution in [0.2, 0.25) is 10.0 Å². The van der Waals surface area contributed by atoms with E-state index in [9.17, 15) is 8.42 Å². The van der Waals surface area contributed by atoms with E-state index in [4.69, 9.17) is 42.6 Å². The Hall–Kier alpha value is -0.570. The number of benzene rings is 1. The molecule has 9 heteroatoms. The number of hydrogen-bond acceptors (Lipinski definition) is 5. The van der Waals surface area contributed by atoms with Crippen molar-refractivity contribution in [2.75, 3.05) is 33.5 Å². The van der Waals surface area contributed by atoms with Crippen molar-refractivity contribution in [3.63, 3.8) is 0 Å². The zero-order valence-corrected chi connectivity index (χ0v) is 13.1. The van der Waals surface area contributed by atoms with Crippen LogP contribution in [0, 0.1) is 0 Å². The normalized spacial score (nSPS) is 11.6. The van der Waals surface area contributed by atoms with Gasteiger partial charge in [-0.15, -0.1) is 0 Å². The average molecular weight is 344 g/mol. The lowest BCUT2D eigenvalue weighted by atomic mass is 10.3. The molecule has 0 saturated heterocycles. The molecule has 20 heavy (non-hydrogen) atoms. The lowest BCUT2D eigenvalue weighted by Gasteiger charge is -2.11. The van der Waals surface area contributed by atoms with Crippen LogP contribution in [-0.4, -0.2) is 42.0 Å². The lowest BCUT2D eigenvalue weighted by Crippen LogP contribution is -2.13. The maximum Gasteiger partial charge on any atom is 0.238 e. The average Bonchev–Trinajstić information content (AvgIpc) is 2.34. The third-order valence-electron chi connectivity index (χ3n) is 2.21. The van der Waals surface area contributed by atoms with Crippen LogP contribution in [0.15, 0.2) is 17.0 Å². The van der Waals surface area contributed by atoms with E-state index in [0.29, 0.717) is 19.8 Å². The summed E-state index contributed by atoms with van der Waals surface area (Å²) in [6, 6.07) is 2.37. The van der Waals surface area contributed by atoms with E-state index in [1.165, 1.54) is 12.1 Å². The van der Waals surface area contributed by atoms with Gasteiger partial charge in [0.05, 0.1) is 34.8 Å². The Morgan fingerprint density at radius 1 is 1.10 bits per heavy atom. The first kappa shape index (κ1) is 17.5. The summed E-state index contributed by atoms with van der Waals surface area (Å²) in [7, 11) is -2.29. The van der Waals surface area contributed by atoms with Gasteiger partial charge in [0.25, 0.3) is 0 Å². The molecule has 0 bridgehead atoms. The van der Waals surface area contributed by atoms with E-state index in [-0.39, 0.29) is 27.3 Å². The SMILES string of the molecule is COCCOCCOc1c(Cl)cc(S(N)(=O)=O)cc1Cl. The Labute approximate surface area is 127 Å². The largest absolute Gasteiger partial charge is 0.488 e. The smallest absolute Gasteiger partial charge is 0.238 e. The van der Waals surface area contributed by atoms with E-state index in [1.54, 1.807) is 7.11 Å². The standard InChI is InChI=1S/C11H15Cl2NO5S/c1-17-2-3-18-4-5-19-11-9(12)6-8(7-10(11)13)20(14,15)16/h6-7H,2-5H2,1H3,(H2,14,15,16). The van der Waals surface area contributed by atoms with Gasteiger partial charge in [0.1, 0.15) is 6.61 Å². The summed E-state index contributed by atoms with van der Waals surface area (Å²) in [4.78, 5) is -0.170. The molecule has 0 heterocycles. The molecule has 0 aliphatic rings. The zero-order chi connectivity index (χ0) is 15.2. The van der Waals surface area contributed by atoms with Gasteiger partial charge < -0.3 is 14.2 Å². The van der Waals surface area contributed by atoms with Crippen LogP contribution >= 0.6 is 23.2 Å². The molecule has 0 spiro atoms. The summed E-state index contributed by atoms with van der Waals surface area (Å²) < 4.78 is 37.8. The van der Waals surface area contributed by atoms with Gasteiger partial charge in [-0.25, -0.2) is 13.6 Å². The predicted molar refractivity (Wildman–Crippen MR) is 76.0 cm³/mol. The van der Waals surface area contributed by atoms with Gasteiger partial charge in [-0.3, -0.25) is 0 Å². The quantitative estimate of drug-likeness (QED) is 0.725. The number of methoxy groups -OCH3 is 1. The molecule has 0 aliphatic carbocycles. The van der Waals surface area contributed by atoms with Crippen LogP contribution in [0.1, 0.15) is 0 Å². The van der Waals surface area contributed by atoms with Crippen molar-refractivity contribution in [3.05, 3.63) is 22.2 Å². The summed E-state index contributed by atoms with van der Waals surface area (Å²) in [6.45, 7) is 1.49. The zero-order valence-electron chi connectivity index (χ0n) is 10.8. The number of nitrogens with two attached hydrogens (primary N) is 1. The van der Waals surface area contributed by atoms with Gasteiger partial charge >= 0.3 is 0 Å². The van der Waals surface area contributed by atoms with Crippen LogP contribution in [0.3, 0.4) is 0 Å². The Morgan fingerprint density at radius 3 is 2.15 bits per heavy atom. The second kappa shape index (κ2) is 8.02. The second-order valence-corrected chi connectivity index (χ2v) is 6.09. The molecule has 0 amide bonds. The van der Waals surface area contributed by atoms with Gasteiger partial charge in [-0.05, 0) is 12.1 Å². The minimum absolute atomic E-state index is 0.0680. The van der Waals surface area contributed by atoms with Crippen molar-refractivity contribution in [3.8, 4) is 5.75 Å². The number of sulfonamides is 1. The molecule has 0 saturated carbocycles. The maximum atomic E-state index is 11.2. The number of hydrogen-bond donors (Lipinski definition) is 1. The van der Waals surface area contributed by atoms with Gasteiger partial charge in [-0.2, -0.15) is 0 Å². The highest BCUT2D eigenvalue weighted by atomic mass is 35.5. The van der Waals surface area contributed by atoms with Gasteiger partial charge in [-0.1, -0.05) is 23.2 Å². The van der Waals surface area contributed by atoms with Gasteiger partial charge in [0.2, 0.25) is 10.0 Å². The molecule has 6 nitrogen and oxygen atoms in total. The molecule has 114 valence electrons. The lowest BCUT2D eigenvalue weighted by molar-refractivity contribution is 0.0544. The number of primary sulfonamides is 1. The highest BCUT2D eigenvalue weighted by Gasteiger charge is 2.15. The summed E-state index contributed by atoms with van der Waals surface area (Å²) in [6.07, 6.45) is 0. The molecular weight excluding hydrogens is 329 g/mol. The molecule has 0 aliphatic heterocycles. The molecule has 1 rings (SSSR count). The summed E-state index contributed by atoms with van der Waals surface area (Å²) in [5.41, 5.74) is 0. The molecule has 1 aromatic rings. The third kappa shape index (κ3) is 5.43. The molecular formula is C11H15Cl2NO5S. The Bertz CT molecular complexity index is 527. The summed E-state index contributed by atoms with van der Waals surface area (Å²) >= 11 is 11.8. The van der Waals surface area contributed by atoms with E-state index < -0.39 is 10.0 Å². The molecule has 1 aromatic carbocycles. The van der Waals surface area contributed by atoms with Crippen molar-refractivity contribution in [2.45, 2.75) is 4.90 Å². The van der Waals surface area contributed by atoms with Crippen LogP contribution in [0.4, 0.5) is 0 Å². The molecule has 2 N–H and O–H groups in total. The van der Waals surface area contributed by atoms with Gasteiger partial charge in [0.15, 0.2) is 5.75 Å². The van der Waals surface area contributed by atoms with E-state index in [1.807, 2.05) is 0 Å². The fraction of sp³-hybridized carbons (Fsp3) is 0.455. The molecule has 0 unspecified atom stereocenters. The van der Waals surface area contributed by atoms with E-state index in [2.05, 4.69) is 0 Å². The number of halogens is 2. The van der Waals surface area contributed by atoms with Crippen molar-refractivity contribution in [2.24, 2.45) is 5.14 Å². The van der Waals surface area contributed by atoms with Crippen molar-refractivity contribution in [1.29, 1.82) is 0 Å². The first-order valence-corrected chi connectivity index (χ1v) is 7.88. The van der Waals surface area contributed by atoms with Crippen LogP contribution in [0.25, 0.3) is 0 Å². The molecule has 0 atom stereocenters. The predicted octanol–water partition coefficient (Wildman–Crippen LogP) is 1.68. The van der Waals surface area contributed by atoms with Gasteiger partial charge in [0, 0.05) is 7.11 Å². The molecule has 0 radical (unpaired) electrons. The Kier molecular flexibility index (Phi) is 7.01. The highest BCUT2D eigenvalue weighted by Crippen LogP contribution is 2.35. The minimum Gasteiger partial charge on any atom is -0.488 e. The van der Waals surface area contributed by atoms with E-state index in [0.717, 1.165) is 0 Å². The number of ether oxygens (including phenoxy) is 3. The third-order valence-corrected chi connectivity index (χ3v) is 3.66. The number of rotatable bonds is 8. The van der Waals surface area contributed by atoms with Crippen LogP contribution in [0.5, 0.6) is 5.75 Å². The van der Waals surface area contributed by atoms with Crippen molar-refractivity contribution < 1.29 is 22.6 Å². The molecule has 0 aromatic heterocycles. The maximum absolute atomic E-state index is 11.2. The van der Waals surface area contributed by atoms with Crippen LogP contribution < -0.4 is 9.88 Å². The highest BCUT2D eigenvalue weighted by molar-refractivity contribution is 7.89.